The van der Waals surface area contributed by atoms with Gasteiger partial charge in [-0.25, -0.2) is 4.79 Å². The molecule has 0 amide bonds. The van der Waals surface area contributed by atoms with Crippen LogP contribution in [0.25, 0.3) is 11.3 Å². The molecule has 1 aromatic heterocycles. The van der Waals surface area contributed by atoms with Gasteiger partial charge in [0.25, 0.3) is 0 Å². The molecule has 23 heavy (non-hydrogen) atoms. The predicted octanol–water partition coefficient (Wildman–Crippen LogP) is 4.03. The number of nitrogens with zero attached hydrogens (tertiary/aromatic N) is 1. The summed E-state index contributed by atoms with van der Waals surface area (Å²) in [5, 5.41) is 9.43. The van der Waals surface area contributed by atoms with Crippen molar-refractivity contribution in [1.29, 1.82) is 0 Å². The fraction of sp³-hybridized carbons (Fsp3) is 0.0526. The van der Waals surface area contributed by atoms with Crippen molar-refractivity contribution >= 4 is 5.97 Å². The summed E-state index contributed by atoms with van der Waals surface area (Å²) >= 11 is 0. The van der Waals surface area contributed by atoms with Crippen molar-refractivity contribution in [2.75, 3.05) is 0 Å². The lowest BCUT2D eigenvalue weighted by Crippen LogP contribution is -2.04. The first-order chi connectivity index (χ1) is 11.2. The number of ether oxygens (including phenoxy) is 1. The van der Waals surface area contributed by atoms with Crippen molar-refractivity contribution < 1.29 is 14.6 Å². The maximum absolute atomic E-state index is 11.5. The second-order valence-corrected chi connectivity index (χ2v) is 5.01. The molecule has 4 heteroatoms. The number of carboxylic acids is 1. The van der Waals surface area contributed by atoms with Crippen molar-refractivity contribution in [1.82, 2.24) is 4.98 Å². The summed E-state index contributed by atoms with van der Waals surface area (Å²) in [6.07, 6.45) is 1.68. The van der Waals surface area contributed by atoms with Crippen LogP contribution in [0.5, 0.6) is 5.75 Å². The van der Waals surface area contributed by atoms with Gasteiger partial charge in [-0.15, -0.1) is 0 Å². The number of hydrogen-bond acceptors (Lipinski definition) is 3. The zero-order valence-corrected chi connectivity index (χ0v) is 12.3. The van der Waals surface area contributed by atoms with Gasteiger partial charge in [-0.1, -0.05) is 36.4 Å². The minimum absolute atomic E-state index is 0.129. The number of carboxylic acid groups (broad SMARTS) is 1. The summed E-state index contributed by atoms with van der Waals surface area (Å²) in [7, 11) is 0. The van der Waals surface area contributed by atoms with Crippen molar-refractivity contribution in [3.63, 3.8) is 0 Å². The van der Waals surface area contributed by atoms with Crippen LogP contribution in [0.2, 0.25) is 0 Å². The molecule has 0 aliphatic carbocycles. The fourth-order valence-corrected chi connectivity index (χ4v) is 2.25. The van der Waals surface area contributed by atoms with E-state index in [1.54, 1.807) is 18.3 Å². The lowest BCUT2D eigenvalue weighted by atomic mass is 10.1. The van der Waals surface area contributed by atoms with E-state index in [1.165, 1.54) is 0 Å². The van der Waals surface area contributed by atoms with Gasteiger partial charge in [0.2, 0.25) is 0 Å². The van der Waals surface area contributed by atoms with E-state index in [2.05, 4.69) is 4.98 Å². The molecule has 4 nitrogen and oxygen atoms in total. The molecule has 0 atom stereocenters. The monoisotopic (exact) mass is 305 g/mol. The topological polar surface area (TPSA) is 59.4 Å². The van der Waals surface area contributed by atoms with Gasteiger partial charge in [0.05, 0.1) is 5.69 Å². The van der Waals surface area contributed by atoms with Crippen LogP contribution in [0.1, 0.15) is 15.9 Å². The third-order valence-electron chi connectivity index (χ3n) is 3.41. The molecule has 2 aromatic carbocycles. The standard InChI is InChI=1S/C19H15NO3/c21-19(22)16-12-15(17-8-4-5-11-20-17)9-10-18(16)23-13-14-6-2-1-3-7-14/h1-12H,13H2,(H,21,22). The molecule has 3 rings (SSSR count). The van der Waals surface area contributed by atoms with Crippen molar-refractivity contribution in [2.24, 2.45) is 0 Å². The number of benzene rings is 2. The maximum Gasteiger partial charge on any atom is 0.339 e. The minimum atomic E-state index is -1.02. The van der Waals surface area contributed by atoms with Crippen LogP contribution in [-0.2, 0) is 6.61 Å². The van der Waals surface area contributed by atoms with E-state index in [9.17, 15) is 9.90 Å². The first kappa shape index (κ1) is 14.8. The quantitative estimate of drug-likeness (QED) is 0.773. The van der Waals surface area contributed by atoms with E-state index >= 15 is 0 Å². The molecule has 0 saturated heterocycles. The summed E-state index contributed by atoms with van der Waals surface area (Å²) in [5.74, 6) is -0.674. The molecule has 0 spiro atoms. The second kappa shape index (κ2) is 6.75. The molecular formula is C19H15NO3. The SMILES string of the molecule is O=C(O)c1cc(-c2ccccn2)ccc1OCc1ccccc1. The molecular weight excluding hydrogens is 290 g/mol. The van der Waals surface area contributed by atoms with Gasteiger partial charge >= 0.3 is 5.97 Å². The second-order valence-electron chi connectivity index (χ2n) is 5.01. The van der Waals surface area contributed by atoms with Gasteiger partial charge in [-0.3, -0.25) is 4.98 Å². The predicted molar refractivity (Wildman–Crippen MR) is 87.4 cm³/mol. The largest absolute Gasteiger partial charge is 0.488 e. The number of pyridine rings is 1. The van der Waals surface area contributed by atoms with Crippen molar-refractivity contribution in [3.05, 3.63) is 84.1 Å². The average molecular weight is 305 g/mol. The van der Waals surface area contributed by atoms with Crippen LogP contribution in [0.3, 0.4) is 0 Å². The Morgan fingerprint density at radius 2 is 1.78 bits per heavy atom. The summed E-state index contributed by atoms with van der Waals surface area (Å²) in [5.41, 5.74) is 2.58. The normalized spacial score (nSPS) is 10.3. The molecule has 0 bridgehead atoms. The van der Waals surface area contributed by atoms with E-state index in [1.807, 2.05) is 54.6 Å². The van der Waals surface area contributed by atoms with Crippen LogP contribution in [0, 0.1) is 0 Å². The first-order valence-corrected chi connectivity index (χ1v) is 7.19. The Kier molecular flexibility index (Phi) is 4.34. The number of aromatic carboxylic acids is 1. The van der Waals surface area contributed by atoms with Crippen LogP contribution in [0.4, 0.5) is 0 Å². The van der Waals surface area contributed by atoms with Crippen LogP contribution in [0.15, 0.2) is 72.9 Å². The Labute approximate surface area is 134 Å². The van der Waals surface area contributed by atoms with Crippen LogP contribution < -0.4 is 4.74 Å². The smallest absolute Gasteiger partial charge is 0.339 e. The summed E-state index contributed by atoms with van der Waals surface area (Å²) in [6, 6.07) is 20.2. The molecule has 3 aromatic rings. The molecule has 0 aliphatic heterocycles. The lowest BCUT2D eigenvalue weighted by Gasteiger charge is -2.11. The van der Waals surface area contributed by atoms with Crippen LogP contribution >= 0.6 is 0 Å². The highest BCUT2D eigenvalue weighted by atomic mass is 16.5. The summed E-state index contributed by atoms with van der Waals surface area (Å²) < 4.78 is 5.67. The van der Waals surface area contributed by atoms with E-state index in [0.29, 0.717) is 12.4 Å². The maximum atomic E-state index is 11.5. The molecule has 0 radical (unpaired) electrons. The molecule has 1 heterocycles. The van der Waals surface area contributed by atoms with Gasteiger partial charge in [-0.05, 0) is 35.9 Å². The van der Waals surface area contributed by atoms with Gasteiger partial charge in [0, 0.05) is 11.8 Å². The molecule has 0 saturated carbocycles. The molecule has 114 valence electrons. The van der Waals surface area contributed by atoms with E-state index in [-0.39, 0.29) is 5.56 Å². The van der Waals surface area contributed by atoms with Crippen LogP contribution in [-0.4, -0.2) is 16.1 Å². The zero-order valence-electron chi connectivity index (χ0n) is 12.3. The fourth-order valence-electron chi connectivity index (χ4n) is 2.25. The Morgan fingerprint density at radius 3 is 2.48 bits per heavy atom. The van der Waals surface area contributed by atoms with E-state index in [0.717, 1.165) is 16.8 Å². The average Bonchev–Trinajstić information content (AvgIpc) is 2.61. The Morgan fingerprint density at radius 1 is 1.00 bits per heavy atom. The van der Waals surface area contributed by atoms with Gasteiger partial charge in [0.1, 0.15) is 17.9 Å². The van der Waals surface area contributed by atoms with Gasteiger partial charge in [0.15, 0.2) is 0 Å². The summed E-state index contributed by atoms with van der Waals surface area (Å²) in [4.78, 5) is 15.8. The Balaban J connectivity index is 1.87. The number of carbonyl (C=O) groups is 1. The third kappa shape index (κ3) is 3.55. The third-order valence-corrected chi connectivity index (χ3v) is 3.41. The molecule has 0 aliphatic rings. The Hall–Kier alpha value is -3.14. The minimum Gasteiger partial charge on any atom is -0.488 e. The van der Waals surface area contributed by atoms with E-state index < -0.39 is 5.97 Å². The number of hydrogen-bond donors (Lipinski definition) is 1. The lowest BCUT2D eigenvalue weighted by molar-refractivity contribution is 0.0692. The first-order valence-electron chi connectivity index (χ1n) is 7.19. The van der Waals surface area contributed by atoms with Crippen molar-refractivity contribution in [2.45, 2.75) is 6.61 Å². The zero-order chi connectivity index (χ0) is 16.1. The highest BCUT2D eigenvalue weighted by molar-refractivity contribution is 5.92. The molecule has 1 N–H and O–H groups in total. The van der Waals surface area contributed by atoms with Gasteiger partial charge < -0.3 is 9.84 Å². The highest BCUT2D eigenvalue weighted by Gasteiger charge is 2.13. The number of rotatable bonds is 5. The van der Waals surface area contributed by atoms with Crippen molar-refractivity contribution in [3.8, 4) is 17.0 Å². The van der Waals surface area contributed by atoms with E-state index in [4.69, 9.17) is 4.74 Å². The highest BCUT2D eigenvalue weighted by Crippen LogP contribution is 2.26. The molecule has 0 fully saturated rings. The summed E-state index contributed by atoms with van der Waals surface area (Å²) in [6.45, 7) is 0.323. The van der Waals surface area contributed by atoms with Gasteiger partial charge in [-0.2, -0.15) is 0 Å². The Bertz CT molecular complexity index is 801. The number of aromatic nitrogens is 1. The molecule has 0 unspecified atom stereocenters.